The van der Waals surface area contributed by atoms with Crippen molar-refractivity contribution >= 4 is 5.78 Å². The van der Waals surface area contributed by atoms with Gasteiger partial charge in [-0.1, -0.05) is 57.2 Å². The van der Waals surface area contributed by atoms with Crippen LogP contribution in [0.2, 0.25) is 0 Å². The summed E-state index contributed by atoms with van der Waals surface area (Å²) in [6.07, 6.45) is 3.95. The largest absolute Gasteiger partial charge is 0.304 e. The van der Waals surface area contributed by atoms with Crippen LogP contribution in [0.25, 0.3) is 0 Å². The third kappa shape index (κ3) is 6.21. The van der Waals surface area contributed by atoms with Gasteiger partial charge in [0.2, 0.25) is 0 Å². The molecule has 1 aromatic carbocycles. The minimum absolute atomic E-state index is 0.189. The molecule has 0 unspecified atom stereocenters. The van der Waals surface area contributed by atoms with Crippen LogP contribution in [0.15, 0.2) is 42.0 Å². The minimum atomic E-state index is 0.189. The van der Waals surface area contributed by atoms with Crippen LogP contribution in [0.5, 0.6) is 0 Å². The zero-order valence-corrected chi connectivity index (χ0v) is 15.7. The van der Waals surface area contributed by atoms with E-state index in [1.165, 1.54) is 0 Å². The van der Waals surface area contributed by atoms with Gasteiger partial charge in [-0.2, -0.15) is 0 Å². The van der Waals surface area contributed by atoms with E-state index in [0.29, 0.717) is 0 Å². The number of allylic oxidation sites excluding steroid dienone is 1. The van der Waals surface area contributed by atoms with Gasteiger partial charge in [-0.05, 0) is 30.9 Å². The summed E-state index contributed by atoms with van der Waals surface area (Å²) in [6, 6.07) is 9.68. The zero-order chi connectivity index (χ0) is 17.6. The second kappa shape index (κ2) is 8.59. The number of carbonyl (C=O) groups excluding carboxylic acids is 1. The molecule has 2 rings (SSSR count). The van der Waals surface area contributed by atoms with Crippen LogP contribution in [-0.4, -0.2) is 55.4 Å². The summed E-state index contributed by atoms with van der Waals surface area (Å²) in [6.45, 7) is 12.1. The van der Waals surface area contributed by atoms with Crippen molar-refractivity contribution in [2.45, 2.75) is 33.6 Å². The van der Waals surface area contributed by atoms with Crippen LogP contribution in [0.3, 0.4) is 0 Å². The maximum absolute atomic E-state index is 12.9. The molecule has 0 bridgehead atoms. The van der Waals surface area contributed by atoms with Gasteiger partial charge in [0.15, 0.2) is 5.78 Å². The van der Waals surface area contributed by atoms with E-state index in [4.69, 9.17) is 0 Å². The first-order valence-corrected chi connectivity index (χ1v) is 9.05. The molecule has 1 aliphatic rings. The Bertz CT molecular complexity index is 549. The number of hydrogen-bond acceptors (Lipinski definition) is 3. The highest BCUT2D eigenvalue weighted by atomic mass is 16.1. The quantitative estimate of drug-likeness (QED) is 0.585. The lowest BCUT2D eigenvalue weighted by molar-refractivity contribution is 0.102. The Morgan fingerprint density at radius 3 is 2.29 bits per heavy atom. The van der Waals surface area contributed by atoms with Gasteiger partial charge in [0, 0.05) is 38.3 Å². The van der Waals surface area contributed by atoms with Crippen LogP contribution in [0.1, 0.15) is 44.0 Å². The van der Waals surface area contributed by atoms with E-state index in [1.54, 1.807) is 0 Å². The monoisotopic (exact) mass is 328 g/mol. The number of nitrogens with zero attached hydrogens (tertiary/aromatic N) is 2. The van der Waals surface area contributed by atoms with Gasteiger partial charge in [-0.3, -0.25) is 4.79 Å². The molecule has 0 saturated carbocycles. The van der Waals surface area contributed by atoms with Gasteiger partial charge in [-0.15, -0.1) is 0 Å². The molecule has 132 valence electrons. The molecule has 0 aromatic heterocycles. The lowest BCUT2D eigenvalue weighted by Crippen LogP contribution is -2.44. The molecule has 0 spiro atoms. The molecule has 0 aliphatic carbocycles. The van der Waals surface area contributed by atoms with Crippen LogP contribution in [0, 0.1) is 5.41 Å². The molecule has 0 amide bonds. The van der Waals surface area contributed by atoms with Crippen molar-refractivity contribution in [1.29, 1.82) is 0 Å². The van der Waals surface area contributed by atoms with Crippen molar-refractivity contribution in [3.63, 3.8) is 0 Å². The SMILES string of the molecule is CN1CCN(CC/C(=C/CC(C)(C)C)C(=O)c2ccccc2)CC1. The molecule has 3 nitrogen and oxygen atoms in total. The summed E-state index contributed by atoms with van der Waals surface area (Å²) in [5.74, 6) is 0.189. The average molecular weight is 329 g/mol. The number of likely N-dealkylation sites (N-methyl/N-ethyl adjacent to an activating group) is 1. The summed E-state index contributed by atoms with van der Waals surface area (Å²) in [7, 11) is 2.17. The first kappa shape index (κ1) is 18.9. The van der Waals surface area contributed by atoms with E-state index < -0.39 is 0 Å². The number of Topliss-reactive ketones (excluding diaryl/α,β-unsaturated/α-hetero) is 1. The lowest BCUT2D eigenvalue weighted by Gasteiger charge is -2.32. The molecule has 0 atom stereocenters. The van der Waals surface area contributed by atoms with Crippen LogP contribution in [0.4, 0.5) is 0 Å². The number of ketones is 1. The van der Waals surface area contributed by atoms with Crippen molar-refractivity contribution in [1.82, 2.24) is 9.80 Å². The van der Waals surface area contributed by atoms with Crippen LogP contribution >= 0.6 is 0 Å². The molecule has 3 heteroatoms. The predicted octanol–water partition coefficient (Wildman–Crippen LogP) is 3.87. The van der Waals surface area contributed by atoms with E-state index in [2.05, 4.69) is 43.7 Å². The Labute approximate surface area is 147 Å². The summed E-state index contributed by atoms with van der Waals surface area (Å²) in [5, 5.41) is 0. The third-order valence-electron chi connectivity index (χ3n) is 4.58. The average Bonchev–Trinajstić information content (AvgIpc) is 2.56. The van der Waals surface area contributed by atoms with Gasteiger partial charge in [0.25, 0.3) is 0 Å². The molecular weight excluding hydrogens is 296 g/mol. The molecule has 1 fully saturated rings. The van der Waals surface area contributed by atoms with E-state index >= 15 is 0 Å². The second-order valence-corrected chi connectivity index (χ2v) is 8.08. The summed E-state index contributed by atoms with van der Waals surface area (Å²) < 4.78 is 0. The second-order valence-electron chi connectivity index (χ2n) is 8.08. The molecule has 1 aliphatic heterocycles. The summed E-state index contributed by atoms with van der Waals surface area (Å²) in [4.78, 5) is 17.7. The third-order valence-corrected chi connectivity index (χ3v) is 4.58. The molecular formula is C21H32N2O. The predicted molar refractivity (Wildman–Crippen MR) is 101 cm³/mol. The number of rotatable bonds is 6. The normalized spacial score (nSPS) is 17.9. The Morgan fingerprint density at radius 2 is 1.71 bits per heavy atom. The molecule has 0 N–H and O–H groups in total. The standard InChI is InChI=1S/C21H32N2O/c1-21(2,3)12-10-19(20(24)18-8-6-5-7-9-18)11-13-23-16-14-22(4)15-17-23/h5-10H,11-17H2,1-4H3/b19-10-. The van der Waals surface area contributed by atoms with Gasteiger partial charge in [-0.25, -0.2) is 0 Å². The smallest absolute Gasteiger partial charge is 0.188 e. The molecule has 1 heterocycles. The number of hydrogen-bond donors (Lipinski definition) is 0. The van der Waals surface area contributed by atoms with Crippen molar-refractivity contribution in [3.05, 3.63) is 47.5 Å². The Hall–Kier alpha value is -1.45. The van der Waals surface area contributed by atoms with E-state index in [-0.39, 0.29) is 11.2 Å². The highest BCUT2D eigenvalue weighted by molar-refractivity contribution is 6.08. The fourth-order valence-electron chi connectivity index (χ4n) is 2.86. The lowest BCUT2D eigenvalue weighted by atomic mass is 9.89. The Morgan fingerprint density at radius 1 is 1.08 bits per heavy atom. The summed E-state index contributed by atoms with van der Waals surface area (Å²) >= 11 is 0. The topological polar surface area (TPSA) is 23.6 Å². The van der Waals surface area contributed by atoms with Crippen molar-refractivity contribution in [2.75, 3.05) is 39.8 Å². The fraction of sp³-hybridized carbons (Fsp3) is 0.571. The maximum atomic E-state index is 12.9. The Kier molecular flexibility index (Phi) is 6.76. The highest BCUT2D eigenvalue weighted by Crippen LogP contribution is 2.22. The minimum Gasteiger partial charge on any atom is -0.304 e. The van der Waals surface area contributed by atoms with Crippen molar-refractivity contribution < 1.29 is 4.79 Å². The maximum Gasteiger partial charge on any atom is 0.188 e. The van der Waals surface area contributed by atoms with Crippen LogP contribution in [-0.2, 0) is 0 Å². The van der Waals surface area contributed by atoms with Gasteiger partial charge in [0.1, 0.15) is 0 Å². The van der Waals surface area contributed by atoms with E-state index in [1.807, 2.05) is 30.3 Å². The fourth-order valence-corrected chi connectivity index (χ4v) is 2.86. The molecule has 0 radical (unpaired) electrons. The summed E-state index contributed by atoms with van der Waals surface area (Å²) in [5.41, 5.74) is 1.97. The molecule has 24 heavy (non-hydrogen) atoms. The van der Waals surface area contributed by atoms with Gasteiger partial charge >= 0.3 is 0 Å². The molecule has 1 aromatic rings. The van der Waals surface area contributed by atoms with E-state index in [0.717, 1.165) is 56.7 Å². The van der Waals surface area contributed by atoms with Gasteiger partial charge < -0.3 is 9.80 Å². The van der Waals surface area contributed by atoms with Crippen LogP contribution < -0.4 is 0 Å². The van der Waals surface area contributed by atoms with Crippen molar-refractivity contribution in [2.24, 2.45) is 5.41 Å². The van der Waals surface area contributed by atoms with Gasteiger partial charge in [0.05, 0.1) is 0 Å². The highest BCUT2D eigenvalue weighted by Gasteiger charge is 2.18. The van der Waals surface area contributed by atoms with E-state index in [9.17, 15) is 4.79 Å². The Balaban J connectivity index is 2.04. The first-order valence-electron chi connectivity index (χ1n) is 9.05. The number of piperazine rings is 1. The zero-order valence-electron chi connectivity index (χ0n) is 15.7. The first-order chi connectivity index (χ1) is 11.3. The van der Waals surface area contributed by atoms with Crippen molar-refractivity contribution in [3.8, 4) is 0 Å². The molecule has 1 saturated heterocycles. The number of benzene rings is 1. The number of carbonyl (C=O) groups is 1.